The minimum atomic E-state index is -0.201. The Labute approximate surface area is 211 Å². The van der Waals surface area contributed by atoms with E-state index >= 15 is 0 Å². The van der Waals surface area contributed by atoms with Crippen LogP contribution in [0.2, 0.25) is 0 Å². The summed E-state index contributed by atoms with van der Waals surface area (Å²) in [4.78, 5) is 14.0. The van der Waals surface area contributed by atoms with E-state index in [0.717, 1.165) is 65.6 Å². The summed E-state index contributed by atoms with van der Waals surface area (Å²) in [5.74, 6) is 1.23. The molecular weight excluding hydrogens is 454 g/mol. The maximum Gasteiger partial charge on any atom is 0.227 e. The second-order valence-electron chi connectivity index (χ2n) is 9.77. The van der Waals surface area contributed by atoms with Gasteiger partial charge in [-0.3, -0.25) is 4.90 Å². The zero-order valence-corrected chi connectivity index (χ0v) is 21.3. The molecule has 3 aromatic heterocycles. The van der Waals surface area contributed by atoms with Crippen LogP contribution in [0.15, 0.2) is 55.0 Å². The van der Waals surface area contributed by atoms with Crippen molar-refractivity contribution < 1.29 is 9.84 Å². The monoisotopic (exact) mass is 487 g/mol. The Balaban J connectivity index is 1.36. The van der Waals surface area contributed by atoms with Gasteiger partial charge in [0.2, 0.25) is 5.95 Å². The van der Waals surface area contributed by atoms with Crippen LogP contribution in [0, 0.1) is 6.92 Å². The van der Waals surface area contributed by atoms with E-state index in [4.69, 9.17) is 9.72 Å². The number of benzene rings is 1. The number of nitrogens with one attached hydrogen (secondary N) is 1. The summed E-state index contributed by atoms with van der Waals surface area (Å²) in [6.07, 6.45) is 5.59. The molecule has 9 heteroatoms. The van der Waals surface area contributed by atoms with Crippen molar-refractivity contribution in [3.63, 3.8) is 0 Å². The number of aryl methyl sites for hydroxylation is 1. The lowest BCUT2D eigenvalue weighted by atomic mass is 10.0. The van der Waals surface area contributed by atoms with Gasteiger partial charge in [-0.25, -0.2) is 14.5 Å². The van der Waals surface area contributed by atoms with E-state index in [9.17, 15) is 5.11 Å². The number of aliphatic hydroxyl groups excluding tert-OH is 1. The van der Waals surface area contributed by atoms with Crippen molar-refractivity contribution >= 4 is 22.8 Å². The van der Waals surface area contributed by atoms with Gasteiger partial charge in [0.05, 0.1) is 36.8 Å². The summed E-state index contributed by atoms with van der Waals surface area (Å²) in [6, 6.07) is 12.1. The number of aliphatic hydroxyl groups is 1. The highest BCUT2D eigenvalue weighted by Gasteiger charge is 2.29. The molecule has 36 heavy (non-hydrogen) atoms. The van der Waals surface area contributed by atoms with E-state index in [-0.39, 0.29) is 12.1 Å². The normalized spacial score (nSPS) is 14.9. The van der Waals surface area contributed by atoms with E-state index in [2.05, 4.69) is 51.2 Å². The molecule has 5 rings (SSSR count). The lowest BCUT2D eigenvalue weighted by Crippen LogP contribution is -2.56. The minimum Gasteiger partial charge on any atom is -0.494 e. The third-order valence-corrected chi connectivity index (χ3v) is 6.97. The molecule has 1 fully saturated rings. The molecule has 0 atom stereocenters. The van der Waals surface area contributed by atoms with Gasteiger partial charge in [0, 0.05) is 61.4 Å². The van der Waals surface area contributed by atoms with Crippen molar-refractivity contribution in [3.8, 4) is 17.0 Å². The average molecular weight is 488 g/mol. The molecule has 1 aromatic carbocycles. The minimum absolute atomic E-state index is 0.154. The fourth-order valence-electron chi connectivity index (χ4n) is 4.66. The number of hydrogen-bond donors (Lipinski definition) is 2. The molecule has 0 spiro atoms. The van der Waals surface area contributed by atoms with Crippen LogP contribution in [-0.2, 0) is 0 Å². The highest BCUT2D eigenvalue weighted by Crippen LogP contribution is 2.33. The molecule has 0 unspecified atom stereocenters. The SMILES string of the molecule is COc1cc(N2CCN(C(C)(C)CO)CC2)ccc1Nc1ncc(C)c(-c2cnn3ccccc23)n1. The summed E-state index contributed by atoms with van der Waals surface area (Å²) < 4.78 is 7.57. The molecule has 188 valence electrons. The number of hydrogen-bond acceptors (Lipinski definition) is 8. The molecule has 0 amide bonds. The van der Waals surface area contributed by atoms with E-state index in [1.165, 1.54) is 0 Å². The Hall–Kier alpha value is -3.69. The van der Waals surface area contributed by atoms with Gasteiger partial charge in [0.25, 0.3) is 0 Å². The third-order valence-electron chi connectivity index (χ3n) is 6.97. The van der Waals surface area contributed by atoms with Gasteiger partial charge in [0.1, 0.15) is 5.75 Å². The summed E-state index contributed by atoms with van der Waals surface area (Å²) in [5, 5.41) is 17.5. The van der Waals surface area contributed by atoms with Crippen LogP contribution < -0.4 is 15.0 Å². The molecule has 0 radical (unpaired) electrons. The fourth-order valence-corrected chi connectivity index (χ4v) is 4.66. The Morgan fingerprint density at radius 3 is 2.64 bits per heavy atom. The van der Waals surface area contributed by atoms with E-state index in [1.54, 1.807) is 7.11 Å². The van der Waals surface area contributed by atoms with Gasteiger partial charge in [-0.15, -0.1) is 0 Å². The van der Waals surface area contributed by atoms with Crippen LogP contribution in [0.3, 0.4) is 0 Å². The summed E-state index contributed by atoms with van der Waals surface area (Å²) in [7, 11) is 1.67. The van der Waals surface area contributed by atoms with Gasteiger partial charge in [-0.2, -0.15) is 5.10 Å². The largest absolute Gasteiger partial charge is 0.494 e. The first-order valence-corrected chi connectivity index (χ1v) is 12.2. The topological polar surface area (TPSA) is 91.0 Å². The predicted molar refractivity (Wildman–Crippen MR) is 142 cm³/mol. The van der Waals surface area contributed by atoms with Crippen molar-refractivity contribution in [2.45, 2.75) is 26.3 Å². The first kappa shape index (κ1) is 24.0. The molecule has 1 aliphatic heterocycles. The molecule has 4 aromatic rings. The Bertz CT molecular complexity index is 1360. The molecule has 1 saturated heterocycles. The van der Waals surface area contributed by atoms with Gasteiger partial charge in [-0.1, -0.05) is 6.07 Å². The summed E-state index contributed by atoms with van der Waals surface area (Å²) >= 11 is 0. The third kappa shape index (κ3) is 4.59. The first-order valence-electron chi connectivity index (χ1n) is 12.2. The van der Waals surface area contributed by atoms with E-state index in [0.29, 0.717) is 5.95 Å². The van der Waals surface area contributed by atoms with Crippen molar-refractivity contribution in [1.82, 2.24) is 24.5 Å². The number of anilines is 3. The number of aromatic nitrogens is 4. The van der Waals surface area contributed by atoms with Gasteiger partial charge in [-0.05, 0) is 50.6 Å². The highest BCUT2D eigenvalue weighted by atomic mass is 16.5. The maximum absolute atomic E-state index is 9.69. The van der Waals surface area contributed by atoms with Gasteiger partial charge >= 0.3 is 0 Å². The van der Waals surface area contributed by atoms with Crippen molar-refractivity contribution in [2.75, 3.05) is 50.1 Å². The molecular formula is C27H33N7O2. The summed E-state index contributed by atoms with van der Waals surface area (Å²) in [6.45, 7) is 9.91. The first-order chi connectivity index (χ1) is 17.4. The Kier molecular flexibility index (Phi) is 6.51. The number of pyridine rings is 1. The van der Waals surface area contributed by atoms with Crippen molar-refractivity contribution in [2.24, 2.45) is 0 Å². The van der Waals surface area contributed by atoms with Crippen molar-refractivity contribution in [1.29, 1.82) is 0 Å². The molecule has 1 aliphatic rings. The zero-order valence-electron chi connectivity index (χ0n) is 21.3. The quantitative estimate of drug-likeness (QED) is 0.407. The fraction of sp³-hybridized carbons (Fsp3) is 0.370. The molecule has 0 aliphatic carbocycles. The predicted octanol–water partition coefficient (Wildman–Crippen LogP) is 3.74. The Morgan fingerprint density at radius 1 is 1.08 bits per heavy atom. The average Bonchev–Trinajstić information content (AvgIpc) is 3.34. The molecule has 0 bridgehead atoms. The zero-order chi connectivity index (χ0) is 25.3. The number of methoxy groups -OCH3 is 1. The van der Waals surface area contributed by atoms with Crippen LogP contribution in [0.25, 0.3) is 16.8 Å². The molecule has 0 saturated carbocycles. The highest BCUT2D eigenvalue weighted by molar-refractivity contribution is 5.80. The number of nitrogens with zero attached hydrogens (tertiary/aromatic N) is 6. The lowest BCUT2D eigenvalue weighted by Gasteiger charge is -2.44. The van der Waals surface area contributed by atoms with Crippen LogP contribution in [0.5, 0.6) is 5.75 Å². The lowest BCUT2D eigenvalue weighted by molar-refractivity contribution is 0.0527. The van der Waals surface area contributed by atoms with Crippen LogP contribution >= 0.6 is 0 Å². The van der Waals surface area contributed by atoms with Crippen LogP contribution in [0.4, 0.5) is 17.3 Å². The summed E-state index contributed by atoms with van der Waals surface area (Å²) in [5.41, 5.74) is 5.48. The second kappa shape index (κ2) is 9.75. The maximum atomic E-state index is 9.69. The van der Waals surface area contributed by atoms with Gasteiger partial charge < -0.3 is 20.1 Å². The number of ether oxygens (including phenoxy) is 1. The van der Waals surface area contributed by atoms with E-state index in [1.807, 2.05) is 54.3 Å². The van der Waals surface area contributed by atoms with Gasteiger partial charge in [0.15, 0.2) is 0 Å². The van der Waals surface area contributed by atoms with Crippen LogP contribution in [0.1, 0.15) is 19.4 Å². The molecule has 9 nitrogen and oxygen atoms in total. The number of rotatable bonds is 7. The second-order valence-corrected chi connectivity index (χ2v) is 9.77. The van der Waals surface area contributed by atoms with Crippen molar-refractivity contribution in [3.05, 3.63) is 60.6 Å². The van der Waals surface area contributed by atoms with Crippen LogP contribution in [-0.4, -0.2) is 75.0 Å². The number of piperazine rings is 1. The standard InChI is InChI=1S/C27H33N7O2/c1-19-16-28-26(31-25(19)21-17-29-34-10-6-5-7-23(21)34)30-22-9-8-20(15-24(22)36-4)32-11-13-33(14-12-32)27(2,3)18-35/h5-10,15-17,35H,11-14,18H2,1-4H3,(H,28,30,31). The molecule has 2 N–H and O–H groups in total. The number of fused-ring (bicyclic) bond motifs is 1. The van der Waals surface area contributed by atoms with E-state index < -0.39 is 0 Å². The smallest absolute Gasteiger partial charge is 0.227 e. The molecule has 4 heterocycles. The Morgan fingerprint density at radius 2 is 1.89 bits per heavy atom.